The molecule has 28 heavy (non-hydrogen) atoms. The zero-order chi connectivity index (χ0) is 19.1. The molecule has 1 N–H and O–H groups in total. The number of rotatable bonds is 4. The van der Waals surface area contributed by atoms with Crippen LogP contribution < -0.4 is 5.32 Å². The average molecular weight is 416 g/mol. The van der Waals surface area contributed by atoms with Crippen molar-refractivity contribution in [1.29, 1.82) is 0 Å². The summed E-state index contributed by atoms with van der Waals surface area (Å²) in [4.78, 5) is 34.8. The standard InChI is InChI=1S/C21H25N3O2S2/c25-18(14-5-3-6-14)23-20-22-15-8-11-24(13-16(15)28-20)19(26)21(9-1-2-10-21)17-7-4-12-27-17/h4,7,12,14H,1-3,5-6,8-11,13H2,(H,22,23,25). The van der Waals surface area contributed by atoms with Gasteiger partial charge in [0.05, 0.1) is 17.7 Å². The zero-order valence-corrected chi connectivity index (χ0v) is 17.5. The highest BCUT2D eigenvalue weighted by Crippen LogP contribution is 2.45. The molecule has 0 aromatic carbocycles. The van der Waals surface area contributed by atoms with Gasteiger partial charge >= 0.3 is 0 Å². The lowest BCUT2D eigenvalue weighted by Crippen LogP contribution is -2.46. The van der Waals surface area contributed by atoms with Crippen molar-refractivity contribution in [2.75, 3.05) is 11.9 Å². The van der Waals surface area contributed by atoms with Crippen LogP contribution >= 0.6 is 22.7 Å². The molecule has 3 aliphatic rings. The summed E-state index contributed by atoms with van der Waals surface area (Å²) in [5.41, 5.74) is 0.729. The fraction of sp³-hybridized carbons (Fsp3) is 0.571. The van der Waals surface area contributed by atoms with E-state index in [9.17, 15) is 9.59 Å². The first-order valence-electron chi connectivity index (χ1n) is 10.3. The van der Waals surface area contributed by atoms with Crippen LogP contribution in [0.5, 0.6) is 0 Å². The van der Waals surface area contributed by atoms with Gasteiger partial charge in [-0.2, -0.15) is 0 Å². The minimum Gasteiger partial charge on any atom is -0.336 e. The van der Waals surface area contributed by atoms with Gasteiger partial charge in [-0.25, -0.2) is 4.98 Å². The van der Waals surface area contributed by atoms with E-state index in [0.29, 0.717) is 11.7 Å². The number of carbonyl (C=O) groups excluding carboxylic acids is 2. The Hall–Kier alpha value is -1.73. The Kier molecular flexibility index (Phi) is 4.75. The Bertz CT molecular complexity index is 880. The van der Waals surface area contributed by atoms with Gasteiger partial charge in [-0.15, -0.1) is 11.3 Å². The maximum absolute atomic E-state index is 13.6. The van der Waals surface area contributed by atoms with Gasteiger partial charge in [0.15, 0.2) is 5.13 Å². The Morgan fingerprint density at radius 3 is 2.71 bits per heavy atom. The topological polar surface area (TPSA) is 62.3 Å². The number of nitrogens with zero attached hydrogens (tertiary/aromatic N) is 2. The van der Waals surface area contributed by atoms with Crippen LogP contribution in [0.3, 0.4) is 0 Å². The van der Waals surface area contributed by atoms with E-state index >= 15 is 0 Å². The van der Waals surface area contributed by atoms with Crippen molar-refractivity contribution in [3.8, 4) is 0 Å². The summed E-state index contributed by atoms with van der Waals surface area (Å²) in [6.07, 6.45) is 8.07. The van der Waals surface area contributed by atoms with E-state index < -0.39 is 0 Å². The quantitative estimate of drug-likeness (QED) is 0.808. The highest BCUT2D eigenvalue weighted by Gasteiger charge is 2.46. The molecule has 1 aliphatic heterocycles. The third-order valence-electron chi connectivity index (χ3n) is 6.58. The Morgan fingerprint density at radius 1 is 1.21 bits per heavy atom. The summed E-state index contributed by atoms with van der Waals surface area (Å²) in [5.74, 6) is 0.548. The minimum atomic E-state index is -0.322. The molecule has 0 unspecified atom stereocenters. The fourth-order valence-corrected chi connectivity index (χ4v) is 6.70. The lowest BCUT2D eigenvalue weighted by Gasteiger charge is -2.35. The summed E-state index contributed by atoms with van der Waals surface area (Å²) in [5, 5.41) is 5.78. The van der Waals surface area contributed by atoms with Crippen LogP contribution in [-0.4, -0.2) is 28.2 Å². The predicted molar refractivity (Wildman–Crippen MR) is 112 cm³/mol. The SMILES string of the molecule is O=C(Nc1nc2c(s1)CN(C(=O)C1(c3cccs3)CCCC1)CC2)C1CCC1. The van der Waals surface area contributed by atoms with E-state index in [0.717, 1.165) is 68.5 Å². The van der Waals surface area contributed by atoms with Gasteiger partial charge in [0, 0.05) is 28.6 Å². The van der Waals surface area contributed by atoms with Crippen molar-refractivity contribution in [3.63, 3.8) is 0 Å². The fourth-order valence-electron chi connectivity index (χ4n) is 4.70. The second-order valence-corrected chi connectivity index (χ2v) is 10.3. The first-order valence-corrected chi connectivity index (χ1v) is 12.0. The van der Waals surface area contributed by atoms with Crippen molar-refractivity contribution >= 4 is 39.6 Å². The van der Waals surface area contributed by atoms with Crippen molar-refractivity contribution in [1.82, 2.24) is 9.88 Å². The summed E-state index contributed by atoms with van der Waals surface area (Å²) >= 11 is 3.25. The van der Waals surface area contributed by atoms with Crippen LogP contribution in [0, 0.1) is 5.92 Å². The lowest BCUT2D eigenvalue weighted by molar-refractivity contribution is -0.138. The number of amides is 2. The molecule has 0 atom stereocenters. The van der Waals surface area contributed by atoms with Crippen LogP contribution in [0.25, 0.3) is 0 Å². The number of thiazole rings is 1. The number of anilines is 1. The van der Waals surface area contributed by atoms with Gasteiger partial charge in [-0.05, 0) is 37.1 Å². The van der Waals surface area contributed by atoms with E-state index in [1.807, 2.05) is 4.90 Å². The minimum absolute atomic E-state index is 0.105. The highest BCUT2D eigenvalue weighted by molar-refractivity contribution is 7.15. The second kappa shape index (κ2) is 7.26. The molecule has 3 heterocycles. The van der Waals surface area contributed by atoms with Crippen molar-refractivity contribution in [2.45, 2.75) is 63.3 Å². The molecular weight excluding hydrogens is 390 g/mol. The molecule has 5 rings (SSSR count). The first-order chi connectivity index (χ1) is 13.7. The molecular formula is C21H25N3O2S2. The van der Waals surface area contributed by atoms with Crippen LogP contribution in [0.15, 0.2) is 17.5 Å². The lowest BCUT2D eigenvalue weighted by atomic mass is 9.82. The molecule has 148 valence electrons. The average Bonchev–Trinajstić information content (AvgIpc) is 3.38. The van der Waals surface area contributed by atoms with Crippen molar-refractivity contribution in [2.24, 2.45) is 5.92 Å². The van der Waals surface area contributed by atoms with Crippen molar-refractivity contribution in [3.05, 3.63) is 33.0 Å². The van der Waals surface area contributed by atoms with Crippen LogP contribution in [0.1, 0.15) is 60.4 Å². The molecule has 5 nitrogen and oxygen atoms in total. The van der Waals surface area contributed by atoms with Gasteiger partial charge in [0.1, 0.15) is 0 Å². The molecule has 2 aromatic rings. The van der Waals surface area contributed by atoms with Gasteiger partial charge in [0.25, 0.3) is 0 Å². The van der Waals surface area contributed by atoms with Crippen LogP contribution in [0.4, 0.5) is 5.13 Å². The normalized spacial score (nSPS) is 21.2. The van der Waals surface area contributed by atoms with E-state index in [1.54, 1.807) is 22.7 Å². The summed E-state index contributed by atoms with van der Waals surface area (Å²) < 4.78 is 0. The summed E-state index contributed by atoms with van der Waals surface area (Å²) in [7, 11) is 0. The number of thiophene rings is 1. The molecule has 2 amide bonds. The van der Waals surface area contributed by atoms with Gasteiger partial charge in [-0.3, -0.25) is 9.59 Å². The number of aromatic nitrogens is 1. The second-order valence-electron chi connectivity index (χ2n) is 8.25. The first kappa shape index (κ1) is 18.3. The summed E-state index contributed by atoms with van der Waals surface area (Å²) in [6.45, 7) is 1.34. The molecule has 2 fully saturated rings. The largest absolute Gasteiger partial charge is 0.336 e. The van der Waals surface area contributed by atoms with Crippen molar-refractivity contribution < 1.29 is 9.59 Å². The van der Waals surface area contributed by atoms with Gasteiger partial charge in [-0.1, -0.05) is 36.7 Å². The Labute approximate surface area is 173 Å². The van der Waals surface area contributed by atoms with E-state index in [4.69, 9.17) is 0 Å². The van der Waals surface area contributed by atoms with E-state index in [-0.39, 0.29) is 23.1 Å². The van der Waals surface area contributed by atoms with Crippen LogP contribution in [-0.2, 0) is 28.0 Å². The van der Waals surface area contributed by atoms with Gasteiger partial charge in [0.2, 0.25) is 11.8 Å². The monoisotopic (exact) mass is 415 g/mol. The number of fused-ring (bicyclic) bond motifs is 1. The number of carbonyl (C=O) groups is 2. The Balaban J connectivity index is 1.32. The molecule has 7 heteroatoms. The maximum atomic E-state index is 13.6. The number of hydrogen-bond acceptors (Lipinski definition) is 5. The third kappa shape index (κ3) is 3.08. The van der Waals surface area contributed by atoms with Crippen LogP contribution in [0.2, 0.25) is 0 Å². The molecule has 2 aromatic heterocycles. The third-order valence-corrected chi connectivity index (χ3v) is 8.66. The van der Waals surface area contributed by atoms with E-state index in [2.05, 4.69) is 27.8 Å². The molecule has 2 saturated carbocycles. The maximum Gasteiger partial charge on any atom is 0.234 e. The van der Waals surface area contributed by atoms with E-state index in [1.165, 1.54) is 4.88 Å². The Morgan fingerprint density at radius 2 is 2.04 bits per heavy atom. The number of nitrogens with one attached hydrogen (secondary N) is 1. The highest BCUT2D eigenvalue weighted by atomic mass is 32.1. The smallest absolute Gasteiger partial charge is 0.234 e. The molecule has 0 radical (unpaired) electrons. The predicted octanol–water partition coefficient (Wildman–Crippen LogP) is 4.34. The van der Waals surface area contributed by atoms with Gasteiger partial charge < -0.3 is 10.2 Å². The molecule has 2 aliphatic carbocycles. The number of hydrogen-bond donors (Lipinski definition) is 1. The zero-order valence-electron chi connectivity index (χ0n) is 15.9. The summed E-state index contributed by atoms with van der Waals surface area (Å²) in [6, 6.07) is 4.19. The molecule has 0 bridgehead atoms. The molecule has 0 spiro atoms. The molecule has 0 saturated heterocycles.